The Morgan fingerprint density at radius 1 is 1.20 bits per heavy atom. The van der Waals surface area contributed by atoms with Crippen molar-refractivity contribution in [1.29, 1.82) is 0 Å². The quantitative estimate of drug-likeness (QED) is 0.690. The van der Waals surface area contributed by atoms with Crippen molar-refractivity contribution in [2.45, 2.75) is 13.0 Å². The Bertz CT molecular complexity index is 829. The van der Waals surface area contributed by atoms with E-state index >= 15 is 0 Å². The highest BCUT2D eigenvalue weighted by Crippen LogP contribution is 2.25. The average molecular weight is 337 g/mol. The maximum atomic E-state index is 10.7. The molecule has 0 aliphatic rings. The Morgan fingerprint density at radius 2 is 1.92 bits per heavy atom. The molecule has 0 saturated carbocycles. The molecule has 0 aliphatic heterocycles. The summed E-state index contributed by atoms with van der Waals surface area (Å²) in [5.74, 6) is 1.42. The van der Waals surface area contributed by atoms with E-state index in [1.807, 2.05) is 49.4 Å². The predicted octanol–water partition coefficient (Wildman–Crippen LogP) is 3.38. The van der Waals surface area contributed by atoms with Gasteiger partial charge in [0.15, 0.2) is 12.4 Å². The monoisotopic (exact) mass is 337 g/mol. The Balaban J connectivity index is 1.63. The van der Waals surface area contributed by atoms with Gasteiger partial charge in [0.25, 0.3) is 5.91 Å². The molecule has 1 amide bonds. The van der Waals surface area contributed by atoms with Crippen molar-refractivity contribution in [3.8, 4) is 17.1 Å². The number of aromatic nitrogens is 1. The van der Waals surface area contributed by atoms with Gasteiger partial charge in [-0.15, -0.1) is 0 Å². The van der Waals surface area contributed by atoms with Crippen molar-refractivity contribution < 1.29 is 13.9 Å². The Labute approximate surface area is 145 Å². The zero-order chi connectivity index (χ0) is 17.6. The third-order valence-electron chi connectivity index (χ3n) is 3.57. The number of nitrogens with two attached hydrogens (primary N) is 1. The van der Waals surface area contributed by atoms with Gasteiger partial charge in [-0.25, -0.2) is 4.98 Å². The molecule has 3 aromatic rings. The van der Waals surface area contributed by atoms with Gasteiger partial charge in [0.2, 0.25) is 5.89 Å². The highest BCUT2D eigenvalue weighted by molar-refractivity contribution is 5.75. The second-order valence-electron chi connectivity index (χ2n) is 5.57. The fraction of sp³-hybridized carbons (Fsp3) is 0.158. The molecule has 0 fully saturated rings. The summed E-state index contributed by atoms with van der Waals surface area (Å²) in [6.45, 7) is 1.83. The number of carbonyl (C=O) groups is 1. The van der Waals surface area contributed by atoms with Crippen molar-refractivity contribution in [3.63, 3.8) is 0 Å². The summed E-state index contributed by atoms with van der Waals surface area (Å²) in [6.07, 6.45) is 1.73. The molecule has 3 N–H and O–H groups in total. The van der Waals surface area contributed by atoms with Gasteiger partial charge < -0.3 is 20.2 Å². The van der Waals surface area contributed by atoms with Crippen molar-refractivity contribution in [2.75, 3.05) is 11.9 Å². The molecule has 1 atom stereocenters. The Kier molecular flexibility index (Phi) is 4.99. The molecule has 6 nitrogen and oxygen atoms in total. The van der Waals surface area contributed by atoms with Crippen LogP contribution in [0, 0.1) is 0 Å². The number of ether oxygens (including phenoxy) is 1. The van der Waals surface area contributed by atoms with E-state index in [4.69, 9.17) is 14.9 Å². The fourth-order valence-electron chi connectivity index (χ4n) is 2.34. The summed E-state index contributed by atoms with van der Waals surface area (Å²) in [5, 5.41) is 3.31. The molecule has 1 heterocycles. The number of amides is 1. The van der Waals surface area contributed by atoms with Gasteiger partial charge in [-0.2, -0.15) is 0 Å². The van der Waals surface area contributed by atoms with E-state index in [2.05, 4.69) is 10.3 Å². The summed E-state index contributed by atoms with van der Waals surface area (Å²) in [4.78, 5) is 15.1. The first kappa shape index (κ1) is 16.6. The van der Waals surface area contributed by atoms with Crippen LogP contribution < -0.4 is 15.8 Å². The lowest BCUT2D eigenvalue weighted by Crippen LogP contribution is -2.19. The Morgan fingerprint density at radius 3 is 2.60 bits per heavy atom. The first-order valence-corrected chi connectivity index (χ1v) is 7.90. The second kappa shape index (κ2) is 7.53. The highest BCUT2D eigenvalue weighted by Gasteiger charge is 2.13. The summed E-state index contributed by atoms with van der Waals surface area (Å²) in [7, 11) is 0. The number of benzene rings is 2. The second-order valence-corrected chi connectivity index (χ2v) is 5.57. The van der Waals surface area contributed by atoms with E-state index in [1.165, 1.54) is 0 Å². The summed E-state index contributed by atoms with van der Waals surface area (Å²) in [6, 6.07) is 17.0. The van der Waals surface area contributed by atoms with Crippen LogP contribution in [0.25, 0.3) is 11.3 Å². The third kappa shape index (κ3) is 4.38. The van der Waals surface area contributed by atoms with Crippen LogP contribution in [0.3, 0.4) is 0 Å². The summed E-state index contributed by atoms with van der Waals surface area (Å²) in [5.41, 5.74) is 6.93. The van der Waals surface area contributed by atoms with Crippen molar-refractivity contribution >= 4 is 11.6 Å². The van der Waals surface area contributed by atoms with Crippen molar-refractivity contribution in [2.24, 2.45) is 5.73 Å². The molecule has 0 radical (unpaired) electrons. The number of hydrogen-bond donors (Lipinski definition) is 2. The predicted molar refractivity (Wildman–Crippen MR) is 95.1 cm³/mol. The van der Waals surface area contributed by atoms with E-state index in [0.29, 0.717) is 11.6 Å². The van der Waals surface area contributed by atoms with Gasteiger partial charge in [-0.3, -0.25) is 4.79 Å². The van der Waals surface area contributed by atoms with E-state index in [9.17, 15) is 4.79 Å². The van der Waals surface area contributed by atoms with Crippen LogP contribution >= 0.6 is 0 Å². The van der Waals surface area contributed by atoms with Crippen LogP contribution in [0.15, 0.2) is 65.2 Å². The molecular weight excluding hydrogens is 318 g/mol. The smallest absolute Gasteiger partial charge is 0.255 e. The first-order chi connectivity index (χ1) is 12.1. The van der Waals surface area contributed by atoms with Gasteiger partial charge in [-0.05, 0) is 31.2 Å². The van der Waals surface area contributed by atoms with Crippen LogP contribution in [0.4, 0.5) is 5.69 Å². The lowest BCUT2D eigenvalue weighted by Gasteiger charge is -2.12. The van der Waals surface area contributed by atoms with Crippen molar-refractivity contribution in [3.05, 3.63) is 66.7 Å². The molecule has 1 aromatic heterocycles. The number of hydrogen-bond acceptors (Lipinski definition) is 5. The normalized spacial score (nSPS) is 11.7. The van der Waals surface area contributed by atoms with E-state index in [1.54, 1.807) is 18.3 Å². The molecule has 1 unspecified atom stereocenters. The molecule has 0 spiro atoms. The van der Waals surface area contributed by atoms with Gasteiger partial charge in [0.1, 0.15) is 11.8 Å². The van der Waals surface area contributed by atoms with Crippen LogP contribution in [0.5, 0.6) is 5.75 Å². The minimum absolute atomic E-state index is 0.102. The number of carbonyl (C=O) groups excluding carboxylic acids is 1. The minimum atomic E-state index is -0.506. The number of primary amides is 1. The molecule has 25 heavy (non-hydrogen) atoms. The standard InChI is InChI=1S/C19H19N3O3/c1-13(19-21-11-17(25-19)14-5-3-2-4-6-14)22-15-7-9-16(10-8-15)24-12-18(20)23/h2-11,13,22H,12H2,1H3,(H2,20,23). The molecule has 0 saturated heterocycles. The third-order valence-corrected chi connectivity index (χ3v) is 3.57. The SMILES string of the molecule is CC(Nc1ccc(OCC(N)=O)cc1)c1ncc(-c2ccccc2)o1. The van der Waals surface area contributed by atoms with Gasteiger partial charge in [0, 0.05) is 11.3 Å². The summed E-state index contributed by atoms with van der Waals surface area (Å²) < 4.78 is 11.1. The van der Waals surface area contributed by atoms with Crippen LogP contribution in [-0.2, 0) is 4.79 Å². The summed E-state index contributed by atoms with van der Waals surface area (Å²) >= 11 is 0. The maximum absolute atomic E-state index is 10.7. The van der Waals surface area contributed by atoms with E-state index < -0.39 is 5.91 Å². The molecule has 128 valence electrons. The number of oxazole rings is 1. The molecule has 3 rings (SSSR count). The van der Waals surface area contributed by atoms with Gasteiger partial charge >= 0.3 is 0 Å². The zero-order valence-electron chi connectivity index (χ0n) is 13.8. The minimum Gasteiger partial charge on any atom is -0.484 e. The fourth-order valence-corrected chi connectivity index (χ4v) is 2.34. The molecule has 6 heteroatoms. The van der Waals surface area contributed by atoms with Crippen LogP contribution in [0.1, 0.15) is 18.9 Å². The molecule has 0 bridgehead atoms. The van der Waals surface area contributed by atoms with Gasteiger partial charge in [-0.1, -0.05) is 30.3 Å². The van der Waals surface area contributed by atoms with Crippen LogP contribution in [-0.4, -0.2) is 17.5 Å². The first-order valence-electron chi connectivity index (χ1n) is 7.90. The zero-order valence-corrected chi connectivity index (χ0v) is 13.8. The number of nitrogens with zero attached hydrogens (tertiary/aromatic N) is 1. The molecule has 2 aromatic carbocycles. The number of nitrogens with one attached hydrogen (secondary N) is 1. The van der Waals surface area contributed by atoms with Crippen LogP contribution in [0.2, 0.25) is 0 Å². The lowest BCUT2D eigenvalue weighted by atomic mass is 10.2. The molecule has 0 aliphatic carbocycles. The average Bonchev–Trinajstić information content (AvgIpc) is 3.12. The maximum Gasteiger partial charge on any atom is 0.255 e. The van der Waals surface area contributed by atoms with Gasteiger partial charge in [0.05, 0.1) is 6.20 Å². The van der Waals surface area contributed by atoms with E-state index in [-0.39, 0.29) is 12.6 Å². The largest absolute Gasteiger partial charge is 0.484 e. The Hall–Kier alpha value is -3.28. The van der Waals surface area contributed by atoms with Crippen molar-refractivity contribution in [1.82, 2.24) is 4.98 Å². The number of anilines is 1. The topological polar surface area (TPSA) is 90.4 Å². The number of rotatable bonds is 7. The lowest BCUT2D eigenvalue weighted by molar-refractivity contribution is -0.119. The van der Waals surface area contributed by atoms with E-state index in [0.717, 1.165) is 17.0 Å². The molecular formula is C19H19N3O3. The highest BCUT2D eigenvalue weighted by atomic mass is 16.5.